The molecule has 4 heterocycles. The minimum Gasteiger partial charge on any atom is -0.495 e. The molecule has 0 amide bonds. The average molecular weight is 475 g/mol. The monoisotopic (exact) mass is 474 g/mol. The number of methoxy groups -OCH3 is 1. The van der Waals surface area contributed by atoms with Crippen LogP contribution in [0.3, 0.4) is 0 Å². The molecule has 0 N–H and O–H groups in total. The van der Waals surface area contributed by atoms with Crippen LogP contribution in [0.5, 0.6) is 5.75 Å². The van der Waals surface area contributed by atoms with Crippen LogP contribution in [0, 0.1) is 18.3 Å². The molecule has 3 aromatic heterocycles. The Kier molecular flexibility index (Phi) is 7.32. The molecule has 0 aromatic carbocycles. The second kappa shape index (κ2) is 10.6. The third-order valence-corrected chi connectivity index (χ3v) is 6.03. The number of nitriles is 1. The van der Waals surface area contributed by atoms with Gasteiger partial charge < -0.3 is 18.9 Å². The van der Waals surface area contributed by atoms with Gasteiger partial charge in [0.25, 0.3) is 0 Å². The summed E-state index contributed by atoms with van der Waals surface area (Å²) in [6.45, 7) is 9.38. The number of carbonyl (C=O) groups is 1. The molecule has 1 fully saturated rings. The fraction of sp³-hybridized carbons (Fsp3) is 0.385. The summed E-state index contributed by atoms with van der Waals surface area (Å²) in [7, 11) is 1.55. The van der Waals surface area contributed by atoms with E-state index >= 15 is 0 Å². The van der Waals surface area contributed by atoms with Crippen LogP contribution in [0.2, 0.25) is 0 Å². The molecule has 4 rings (SSSR count). The van der Waals surface area contributed by atoms with E-state index in [-0.39, 0.29) is 12.1 Å². The third kappa shape index (κ3) is 5.12. The van der Waals surface area contributed by atoms with E-state index in [1.165, 1.54) is 0 Å². The van der Waals surface area contributed by atoms with Crippen molar-refractivity contribution in [1.82, 2.24) is 19.4 Å². The van der Waals surface area contributed by atoms with Gasteiger partial charge >= 0.3 is 5.97 Å². The maximum absolute atomic E-state index is 12.7. The van der Waals surface area contributed by atoms with E-state index in [4.69, 9.17) is 9.47 Å². The Labute approximate surface area is 205 Å². The smallest absolute Gasteiger partial charge is 0.342 e. The lowest BCUT2D eigenvalue weighted by Gasteiger charge is -2.36. The SMILES string of the molecule is COc1ccnc(-n2cccc2CN2CCN(c3nccc(C)c3C(=O)OC(C)C)CC2)c1C#N. The normalized spacial score (nSPS) is 14.1. The van der Waals surface area contributed by atoms with Crippen LogP contribution >= 0.6 is 0 Å². The van der Waals surface area contributed by atoms with E-state index in [9.17, 15) is 10.1 Å². The Morgan fingerprint density at radius 1 is 1.11 bits per heavy atom. The van der Waals surface area contributed by atoms with Gasteiger partial charge in [-0.1, -0.05) is 0 Å². The highest BCUT2D eigenvalue weighted by Crippen LogP contribution is 2.26. The lowest BCUT2D eigenvalue weighted by molar-refractivity contribution is 0.0377. The maximum Gasteiger partial charge on any atom is 0.342 e. The van der Waals surface area contributed by atoms with Crippen LogP contribution in [-0.4, -0.2) is 64.8 Å². The molecule has 0 radical (unpaired) electrons. The summed E-state index contributed by atoms with van der Waals surface area (Å²) in [4.78, 5) is 26.2. The number of carbonyl (C=O) groups excluding carboxylic acids is 1. The highest BCUT2D eigenvalue weighted by Gasteiger charge is 2.26. The molecule has 1 aliphatic rings. The molecule has 0 saturated carbocycles. The lowest BCUT2D eigenvalue weighted by Crippen LogP contribution is -2.47. The van der Waals surface area contributed by atoms with Gasteiger partial charge in [-0.3, -0.25) is 4.90 Å². The van der Waals surface area contributed by atoms with Gasteiger partial charge in [0.2, 0.25) is 0 Å². The zero-order valence-electron chi connectivity index (χ0n) is 20.6. The van der Waals surface area contributed by atoms with E-state index in [1.807, 2.05) is 49.7 Å². The first-order valence-electron chi connectivity index (χ1n) is 11.7. The summed E-state index contributed by atoms with van der Waals surface area (Å²) in [5.41, 5.74) is 2.84. The Bertz CT molecular complexity index is 1240. The molecule has 3 aromatic rings. The molecular formula is C26H30N6O3. The zero-order valence-corrected chi connectivity index (χ0v) is 20.6. The fourth-order valence-electron chi connectivity index (χ4n) is 4.30. The highest BCUT2D eigenvalue weighted by molar-refractivity contribution is 5.96. The van der Waals surface area contributed by atoms with Crippen LogP contribution in [0.4, 0.5) is 5.82 Å². The van der Waals surface area contributed by atoms with E-state index in [2.05, 4.69) is 25.8 Å². The number of hydrogen-bond donors (Lipinski definition) is 0. The summed E-state index contributed by atoms with van der Waals surface area (Å²) in [5.74, 6) is 1.41. The number of aromatic nitrogens is 3. The topological polar surface area (TPSA) is 96.5 Å². The summed E-state index contributed by atoms with van der Waals surface area (Å²) >= 11 is 0. The van der Waals surface area contributed by atoms with Crippen molar-refractivity contribution in [3.63, 3.8) is 0 Å². The van der Waals surface area contributed by atoms with E-state index in [0.717, 1.165) is 37.4 Å². The number of anilines is 1. The second-order valence-electron chi connectivity index (χ2n) is 8.74. The average Bonchev–Trinajstić information content (AvgIpc) is 3.31. The van der Waals surface area contributed by atoms with Gasteiger partial charge in [0, 0.05) is 57.0 Å². The molecule has 0 aliphatic carbocycles. The quantitative estimate of drug-likeness (QED) is 0.481. The molecule has 0 spiro atoms. The fourth-order valence-corrected chi connectivity index (χ4v) is 4.30. The largest absolute Gasteiger partial charge is 0.495 e. The number of nitrogens with zero attached hydrogens (tertiary/aromatic N) is 6. The van der Waals surface area contributed by atoms with Gasteiger partial charge in [0.05, 0.1) is 13.2 Å². The van der Waals surface area contributed by atoms with Gasteiger partial charge in [-0.2, -0.15) is 5.26 Å². The minimum absolute atomic E-state index is 0.191. The van der Waals surface area contributed by atoms with E-state index in [0.29, 0.717) is 35.1 Å². The molecule has 1 aliphatic heterocycles. The van der Waals surface area contributed by atoms with E-state index in [1.54, 1.807) is 25.6 Å². The van der Waals surface area contributed by atoms with Crippen LogP contribution in [-0.2, 0) is 11.3 Å². The predicted molar refractivity (Wildman–Crippen MR) is 132 cm³/mol. The second-order valence-corrected chi connectivity index (χ2v) is 8.74. The van der Waals surface area contributed by atoms with Gasteiger partial charge in [0.15, 0.2) is 5.82 Å². The van der Waals surface area contributed by atoms with Crippen molar-refractivity contribution < 1.29 is 14.3 Å². The van der Waals surface area contributed by atoms with Gasteiger partial charge in [0.1, 0.15) is 28.8 Å². The Morgan fingerprint density at radius 2 is 1.83 bits per heavy atom. The van der Waals surface area contributed by atoms with Crippen molar-refractivity contribution in [2.24, 2.45) is 0 Å². The van der Waals surface area contributed by atoms with Crippen LogP contribution in [0.15, 0.2) is 42.9 Å². The molecule has 35 heavy (non-hydrogen) atoms. The molecular weight excluding hydrogens is 444 g/mol. The van der Waals surface area contributed by atoms with Crippen molar-refractivity contribution in [3.05, 3.63) is 65.2 Å². The van der Waals surface area contributed by atoms with Crippen LogP contribution in [0.25, 0.3) is 5.82 Å². The first-order chi connectivity index (χ1) is 16.9. The lowest BCUT2D eigenvalue weighted by atomic mass is 10.1. The summed E-state index contributed by atoms with van der Waals surface area (Å²) in [6.07, 6.45) is 5.11. The maximum atomic E-state index is 12.7. The zero-order chi connectivity index (χ0) is 24.9. The first-order valence-corrected chi connectivity index (χ1v) is 11.7. The molecule has 0 bridgehead atoms. The van der Waals surface area contributed by atoms with Crippen molar-refractivity contribution in [1.29, 1.82) is 5.26 Å². The van der Waals surface area contributed by atoms with Gasteiger partial charge in [-0.25, -0.2) is 14.8 Å². The first kappa shape index (κ1) is 24.2. The van der Waals surface area contributed by atoms with Crippen LogP contribution < -0.4 is 9.64 Å². The number of pyridine rings is 2. The van der Waals surface area contributed by atoms with Crippen LogP contribution in [0.1, 0.15) is 41.0 Å². The Balaban J connectivity index is 1.49. The van der Waals surface area contributed by atoms with Crippen molar-refractivity contribution in [2.45, 2.75) is 33.4 Å². The molecule has 0 atom stereocenters. The number of piperazine rings is 1. The predicted octanol–water partition coefficient (Wildman–Crippen LogP) is 3.34. The number of rotatable bonds is 7. The molecule has 9 nitrogen and oxygen atoms in total. The number of hydrogen-bond acceptors (Lipinski definition) is 8. The molecule has 182 valence electrons. The highest BCUT2D eigenvalue weighted by atomic mass is 16.5. The summed E-state index contributed by atoms with van der Waals surface area (Å²) in [5, 5.41) is 9.67. The van der Waals surface area contributed by atoms with Crippen molar-refractivity contribution >= 4 is 11.8 Å². The molecule has 9 heteroatoms. The summed E-state index contributed by atoms with van der Waals surface area (Å²) in [6, 6.07) is 9.74. The van der Waals surface area contributed by atoms with Crippen molar-refractivity contribution in [2.75, 3.05) is 38.2 Å². The third-order valence-electron chi connectivity index (χ3n) is 6.03. The standard InChI is InChI=1S/C26H30N6O3/c1-18(2)35-26(33)23-19(3)7-9-29-25(23)31-14-12-30(13-15-31)17-20-6-5-11-32(20)24-21(16-27)22(34-4)8-10-28-24/h5-11,18H,12-15,17H2,1-4H3. The minimum atomic E-state index is -0.333. The molecule has 0 unspecified atom stereocenters. The summed E-state index contributed by atoms with van der Waals surface area (Å²) < 4.78 is 12.8. The van der Waals surface area contributed by atoms with Gasteiger partial charge in [-0.05, 0) is 50.6 Å². The number of esters is 1. The Morgan fingerprint density at radius 3 is 2.51 bits per heavy atom. The number of aryl methyl sites for hydroxylation is 1. The number of ether oxygens (including phenoxy) is 2. The van der Waals surface area contributed by atoms with Crippen molar-refractivity contribution in [3.8, 4) is 17.6 Å². The van der Waals surface area contributed by atoms with E-state index < -0.39 is 0 Å². The van der Waals surface area contributed by atoms with Gasteiger partial charge in [-0.15, -0.1) is 0 Å². The Hall–Kier alpha value is -3.90. The molecule has 1 saturated heterocycles.